The molecular formula is C20H29N3O4S. The molecule has 0 atom stereocenters. The van der Waals surface area contributed by atoms with Gasteiger partial charge < -0.3 is 10.1 Å². The molecule has 0 radical (unpaired) electrons. The molecule has 0 spiro atoms. The van der Waals surface area contributed by atoms with Crippen molar-refractivity contribution in [2.45, 2.75) is 12.8 Å². The lowest BCUT2D eigenvalue weighted by molar-refractivity contribution is -0.126. The smallest absolute Gasteiger partial charge is 0.236 e. The van der Waals surface area contributed by atoms with Crippen LogP contribution in [0, 0.1) is 5.92 Å². The first kappa shape index (κ1) is 21.0. The quantitative estimate of drug-likeness (QED) is 0.734. The molecule has 0 bridgehead atoms. The van der Waals surface area contributed by atoms with E-state index in [2.05, 4.69) is 10.2 Å². The molecule has 1 aromatic carbocycles. The SMILES string of the molecule is O=C(NCCN1CCOCC1)C1CCN(S(=O)(=O)/C=C/c2ccccc2)CC1. The average Bonchev–Trinajstić information content (AvgIpc) is 2.74. The molecule has 0 aliphatic carbocycles. The number of hydrogen-bond donors (Lipinski definition) is 1. The van der Waals surface area contributed by atoms with Gasteiger partial charge in [-0.05, 0) is 24.5 Å². The third-order valence-electron chi connectivity index (χ3n) is 5.25. The molecule has 7 nitrogen and oxygen atoms in total. The molecule has 2 fully saturated rings. The molecular weight excluding hydrogens is 378 g/mol. The van der Waals surface area contributed by atoms with Gasteiger partial charge in [-0.25, -0.2) is 8.42 Å². The maximum Gasteiger partial charge on any atom is 0.236 e. The zero-order valence-electron chi connectivity index (χ0n) is 16.1. The van der Waals surface area contributed by atoms with Gasteiger partial charge >= 0.3 is 0 Å². The van der Waals surface area contributed by atoms with E-state index in [9.17, 15) is 13.2 Å². The van der Waals surface area contributed by atoms with Crippen molar-refractivity contribution >= 4 is 22.0 Å². The van der Waals surface area contributed by atoms with E-state index in [4.69, 9.17) is 4.74 Å². The van der Waals surface area contributed by atoms with Gasteiger partial charge in [-0.3, -0.25) is 9.69 Å². The van der Waals surface area contributed by atoms with E-state index in [1.54, 1.807) is 6.08 Å². The predicted octanol–water partition coefficient (Wildman–Crippen LogP) is 1.15. The first-order valence-corrected chi connectivity index (χ1v) is 11.4. The van der Waals surface area contributed by atoms with Crippen LogP contribution in [0.1, 0.15) is 18.4 Å². The minimum Gasteiger partial charge on any atom is -0.379 e. The van der Waals surface area contributed by atoms with Gasteiger partial charge in [0.2, 0.25) is 15.9 Å². The fourth-order valence-electron chi connectivity index (χ4n) is 3.49. The van der Waals surface area contributed by atoms with Gasteiger partial charge in [0.15, 0.2) is 0 Å². The molecule has 0 saturated carbocycles. The Morgan fingerprint density at radius 3 is 2.46 bits per heavy atom. The Balaban J connectivity index is 1.41. The van der Waals surface area contributed by atoms with Crippen LogP contribution < -0.4 is 5.32 Å². The number of sulfonamides is 1. The van der Waals surface area contributed by atoms with Crippen molar-refractivity contribution in [1.29, 1.82) is 0 Å². The second kappa shape index (κ2) is 10.2. The van der Waals surface area contributed by atoms with E-state index in [-0.39, 0.29) is 11.8 Å². The van der Waals surface area contributed by atoms with Crippen molar-refractivity contribution in [3.8, 4) is 0 Å². The molecule has 28 heavy (non-hydrogen) atoms. The van der Waals surface area contributed by atoms with Crippen molar-refractivity contribution in [1.82, 2.24) is 14.5 Å². The van der Waals surface area contributed by atoms with Crippen molar-refractivity contribution in [3.63, 3.8) is 0 Å². The summed E-state index contributed by atoms with van der Waals surface area (Å²) in [6.45, 7) is 5.51. The fourth-order valence-corrected chi connectivity index (χ4v) is 4.71. The second-order valence-electron chi connectivity index (χ2n) is 7.18. The molecule has 2 saturated heterocycles. The fraction of sp³-hybridized carbons (Fsp3) is 0.550. The molecule has 3 rings (SSSR count). The molecule has 0 aromatic heterocycles. The summed E-state index contributed by atoms with van der Waals surface area (Å²) in [5, 5.41) is 4.25. The Labute approximate surface area is 167 Å². The standard InChI is InChI=1S/C20H29N3O4S/c24-20(21-9-12-22-13-15-27-16-14-22)19-6-10-23(11-7-19)28(25,26)17-8-18-4-2-1-3-5-18/h1-5,8,17,19H,6-7,9-16H2,(H,21,24)/b17-8+. The summed E-state index contributed by atoms with van der Waals surface area (Å²) >= 11 is 0. The molecule has 154 valence electrons. The van der Waals surface area contributed by atoms with Crippen LogP contribution in [0.2, 0.25) is 0 Å². The highest BCUT2D eigenvalue weighted by atomic mass is 32.2. The Morgan fingerprint density at radius 2 is 1.79 bits per heavy atom. The Morgan fingerprint density at radius 1 is 1.11 bits per heavy atom. The molecule has 2 aliphatic rings. The van der Waals surface area contributed by atoms with E-state index in [1.165, 1.54) is 9.71 Å². The first-order valence-electron chi connectivity index (χ1n) is 9.86. The maximum atomic E-state index is 12.5. The summed E-state index contributed by atoms with van der Waals surface area (Å²) in [5.74, 6) is -0.0839. The molecule has 1 aromatic rings. The minimum atomic E-state index is -3.46. The van der Waals surface area contributed by atoms with Crippen LogP contribution >= 0.6 is 0 Å². The highest BCUT2D eigenvalue weighted by molar-refractivity contribution is 7.92. The number of rotatable bonds is 7. The number of nitrogens with one attached hydrogen (secondary N) is 1. The zero-order valence-corrected chi connectivity index (χ0v) is 16.9. The van der Waals surface area contributed by atoms with Gasteiger partial charge in [-0.2, -0.15) is 4.31 Å². The van der Waals surface area contributed by atoms with Crippen molar-refractivity contribution in [2.75, 3.05) is 52.5 Å². The van der Waals surface area contributed by atoms with Gasteiger partial charge in [0.05, 0.1) is 13.2 Å². The number of hydrogen-bond acceptors (Lipinski definition) is 5. The summed E-state index contributed by atoms with van der Waals surface area (Å²) in [4.78, 5) is 14.6. The Hall–Kier alpha value is -1.74. The van der Waals surface area contributed by atoms with Gasteiger partial charge in [0.1, 0.15) is 0 Å². The normalized spacial score (nSPS) is 20.4. The number of nitrogens with zero attached hydrogens (tertiary/aromatic N) is 2. The first-order chi connectivity index (χ1) is 13.5. The van der Waals surface area contributed by atoms with E-state index in [0.717, 1.165) is 38.4 Å². The van der Waals surface area contributed by atoms with Crippen LogP contribution in [0.15, 0.2) is 35.7 Å². The lowest BCUT2D eigenvalue weighted by Gasteiger charge is -2.30. The molecule has 1 amide bonds. The highest BCUT2D eigenvalue weighted by Gasteiger charge is 2.29. The molecule has 8 heteroatoms. The molecule has 2 aliphatic heterocycles. The largest absolute Gasteiger partial charge is 0.379 e. The van der Waals surface area contributed by atoms with Crippen LogP contribution in [0.5, 0.6) is 0 Å². The topological polar surface area (TPSA) is 79.0 Å². The average molecular weight is 408 g/mol. The van der Waals surface area contributed by atoms with Crippen molar-refractivity contribution < 1.29 is 17.9 Å². The molecule has 0 unspecified atom stereocenters. The highest BCUT2D eigenvalue weighted by Crippen LogP contribution is 2.21. The van der Waals surface area contributed by atoms with Crippen molar-refractivity contribution in [3.05, 3.63) is 41.3 Å². The third kappa shape index (κ3) is 6.13. The van der Waals surface area contributed by atoms with E-state index < -0.39 is 10.0 Å². The monoisotopic (exact) mass is 407 g/mol. The zero-order chi connectivity index (χ0) is 19.8. The second-order valence-corrected chi connectivity index (χ2v) is 9.00. The summed E-state index contributed by atoms with van der Waals surface area (Å²) in [5.41, 5.74) is 0.848. The van der Waals surface area contributed by atoms with Gasteiger partial charge in [-0.15, -0.1) is 0 Å². The van der Waals surface area contributed by atoms with Crippen LogP contribution in [0.4, 0.5) is 0 Å². The van der Waals surface area contributed by atoms with Crippen LogP contribution in [-0.2, 0) is 19.6 Å². The predicted molar refractivity (Wildman–Crippen MR) is 109 cm³/mol. The summed E-state index contributed by atoms with van der Waals surface area (Å²) in [6, 6.07) is 9.35. The third-order valence-corrected chi connectivity index (χ3v) is 6.81. The molecule has 2 heterocycles. The lowest BCUT2D eigenvalue weighted by atomic mass is 9.97. The van der Waals surface area contributed by atoms with E-state index in [1.807, 2.05) is 30.3 Å². The van der Waals surface area contributed by atoms with Gasteiger partial charge in [-0.1, -0.05) is 30.3 Å². The Bertz CT molecular complexity index is 753. The summed E-state index contributed by atoms with van der Waals surface area (Å²) < 4.78 is 31.8. The number of benzene rings is 1. The van der Waals surface area contributed by atoms with Crippen molar-refractivity contribution in [2.24, 2.45) is 5.92 Å². The minimum absolute atomic E-state index is 0.0325. The Kier molecular flexibility index (Phi) is 7.61. The van der Waals surface area contributed by atoms with Gasteiger partial charge in [0.25, 0.3) is 0 Å². The summed E-state index contributed by atoms with van der Waals surface area (Å²) in [7, 11) is -3.46. The number of carbonyl (C=O) groups excluding carboxylic acids is 1. The number of morpholine rings is 1. The number of piperidine rings is 1. The maximum absolute atomic E-state index is 12.5. The molecule has 1 N–H and O–H groups in total. The van der Waals surface area contributed by atoms with E-state index >= 15 is 0 Å². The van der Waals surface area contributed by atoms with Crippen LogP contribution in [0.3, 0.4) is 0 Å². The number of amides is 1. The number of ether oxygens (including phenoxy) is 1. The van der Waals surface area contributed by atoms with E-state index in [0.29, 0.717) is 32.5 Å². The lowest BCUT2D eigenvalue weighted by Crippen LogP contribution is -2.45. The van der Waals surface area contributed by atoms with Crippen LogP contribution in [-0.4, -0.2) is 76.0 Å². The van der Waals surface area contributed by atoms with Gasteiger partial charge in [0, 0.05) is 50.6 Å². The number of carbonyl (C=O) groups is 1. The van der Waals surface area contributed by atoms with Crippen LogP contribution in [0.25, 0.3) is 6.08 Å². The summed E-state index contributed by atoms with van der Waals surface area (Å²) in [6.07, 6.45) is 2.73.